The molecule has 0 radical (unpaired) electrons. The van der Waals surface area contributed by atoms with Crippen molar-refractivity contribution in [2.75, 3.05) is 4.72 Å². The van der Waals surface area contributed by atoms with Gasteiger partial charge in [-0.3, -0.25) is 4.72 Å². The Morgan fingerprint density at radius 3 is 2.19 bits per heavy atom. The summed E-state index contributed by atoms with van der Waals surface area (Å²) in [5.41, 5.74) is 0.286. The Morgan fingerprint density at radius 2 is 1.67 bits per heavy atom. The summed E-state index contributed by atoms with van der Waals surface area (Å²) < 4.78 is 26.7. The highest BCUT2D eigenvalue weighted by Gasteiger charge is 2.18. The zero-order chi connectivity index (χ0) is 15.6. The van der Waals surface area contributed by atoms with Gasteiger partial charge in [0.25, 0.3) is 10.0 Å². The Hall–Kier alpha value is -1.76. The van der Waals surface area contributed by atoms with E-state index in [0.29, 0.717) is 5.02 Å². The number of carbonyl (C=O) groups is 1. The average Bonchev–Trinajstić information content (AvgIpc) is 2.38. The molecule has 0 unspecified atom stereocenters. The monoisotopic (exact) mass is 345 g/mol. The number of sulfonamides is 1. The molecule has 2 aromatic rings. The largest absolute Gasteiger partial charge is 0.478 e. The summed E-state index contributed by atoms with van der Waals surface area (Å²) >= 11 is 11.6. The van der Waals surface area contributed by atoms with E-state index in [0.717, 1.165) is 0 Å². The second-order valence-electron chi connectivity index (χ2n) is 4.06. The number of carboxylic acid groups (broad SMARTS) is 1. The van der Waals surface area contributed by atoms with Crippen LogP contribution in [-0.4, -0.2) is 19.5 Å². The van der Waals surface area contributed by atoms with Crippen molar-refractivity contribution in [2.45, 2.75) is 4.90 Å². The molecule has 0 amide bonds. The van der Waals surface area contributed by atoms with Crippen molar-refractivity contribution in [3.05, 3.63) is 58.1 Å². The molecule has 0 saturated carbocycles. The van der Waals surface area contributed by atoms with Crippen molar-refractivity contribution in [3.8, 4) is 0 Å². The van der Waals surface area contributed by atoms with E-state index in [1.165, 1.54) is 42.5 Å². The van der Waals surface area contributed by atoms with Crippen LogP contribution in [0.3, 0.4) is 0 Å². The van der Waals surface area contributed by atoms with Crippen molar-refractivity contribution in [1.82, 2.24) is 0 Å². The molecular weight excluding hydrogens is 337 g/mol. The van der Waals surface area contributed by atoms with Crippen LogP contribution in [0.2, 0.25) is 10.0 Å². The number of anilines is 1. The molecule has 2 N–H and O–H groups in total. The summed E-state index contributed by atoms with van der Waals surface area (Å²) in [6.45, 7) is 0. The number of carboxylic acids is 1. The Balaban J connectivity index is 2.30. The molecule has 21 heavy (non-hydrogen) atoms. The predicted octanol–water partition coefficient (Wildman–Crippen LogP) is 3.49. The van der Waals surface area contributed by atoms with E-state index < -0.39 is 16.0 Å². The van der Waals surface area contributed by atoms with Crippen LogP contribution >= 0.6 is 23.2 Å². The fourth-order valence-electron chi connectivity index (χ4n) is 1.58. The number of aromatic carboxylic acids is 1. The molecule has 0 aliphatic carbocycles. The standard InChI is InChI=1S/C13H9Cl2NO4S/c14-9-3-6-12(11(15)7-9)21(19,20)16-10-4-1-8(2-5-10)13(17)18/h1-7,16H,(H,17,18). The Kier molecular flexibility index (Phi) is 4.41. The Bertz CT molecular complexity index is 788. The Labute approximate surface area is 131 Å². The minimum absolute atomic E-state index is 0.00263. The molecule has 0 aliphatic rings. The van der Waals surface area contributed by atoms with Gasteiger partial charge in [0.15, 0.2) is 0 Å². The summed E-state index contributed by atoms with van der Waals surface area (Å²) in [5.74, 6) is -1.09. The molecule has 2 aromatic carbocycles. The first kappa shape index (κ1) is 15.6. The van der Waals surface area contributed by atoms with E-state index in [1.54, 1.807) is 0 Å². The molecule has 0 atom stereocenters. The van der Waals surface area contributed by atoms with Gasteiger partial charge >= 0.3 is 5.97 Å². The minimum Gasteiger partial charge on any atom is -0.478 e. The van der Waals surface area contributed by atoms with E-state index in [2.05, 4.69) is 4.72 Å². The summed E-state index contributed by atoms with van der Waals surface area (Å²) in [6, 6.07) is 9.32. The van der Waals surface area contributed by atoms with Gasteiger partial charge in [-0.25, -0.2) is 13.2 Å². The van der Waals surface area contributed by atoms with Crippen LogP contribution in [0.15, 0.2) is 47.4 Å². The second kappa shape index (κ2) is 5.93. The SMILES string of the molecule is O=C(O)c1ccc(NS(=O)(=O)c2ccc(Cl)cc2Cl)cc1. The smallest absolute Gasteiger partial charge is 0.335 e. The van der Waals surface area contributed by atoms with Gasteiger partial charge in [0, 0.05) is 10.7 Å². The first-order valence-corrected chi connectivity index (χ1v) is 7.85. The quantitative estimate of drug-likeness (QED) is 0.888. The molecule has 0 saturated heterocycles. The number of nitrogens with one attached hydrogen (secondary N) is 1. The third-order valence-corrected chi connectivity index (χ3v) is 4.67. The lowest BCUT2D eigenvalue weighted by Crippen LogP contribution is -2.13. The van der Waals surface area contributed by atoms with Gasteiger partial charge in [0.05, 0.1) is 10.6 Å². The first-order valence-electron chi connectivity index (χ1n) is 5.61. The molecule has 5 nitrogen and oxygen atoms in total. The fraction of sp³-hybridized carbons (Fsp3) is 0. The van der Waals surface area contributed by atoms with Crippen LogP contribution in [0.4, 0.5) is 5.69 Å². The summed E-state index contributed by atoms with van der Waals surface area (Å²) in [5, 5.41) is 9.10. The second-order valence-corrected chi connectivity index (χ2v) is 6.56. The summed E-state index contributed by atoms with van der Waals surface area (Å²) in [6.07, 6.45) is 0. The zero-order valence-corrected chi connectivity index (χ0v) is 12.7. The highest BCUT2D eigenvalue weighted by atomic mass is 35.5. The van der Waals surface area contributed by atoms with Gasteiger partial charge in [-0.15, -0.1) is 0 Å². The minimum atomic E-state index is -3.88. The lowest BCUT2D eigenvalue weighted by atomic mass is 10.2. The number of benzene rings is 2. The number of rotatable bonds is 4. The highest BCUT2D eigenvalue weighted by Crippen LogP contribution is 2.26. The molecule has 2 rings (SSSR count). The van der Waals surface area contributed by atoms with Crippen LogP contribution < -0.4 is 4.72 Å². The van der Waals surface area contributed by atoms with Crippen LogP contribution in [0.5, 0.6) is 0 Å². The van der Waals surface area contributed by atoms with E-state index in [1.807, 2.05) is 0 Å². The van der Waals surface area contributed by atoms with Crippen molar-refractivity contribution in [3.63, 3.8) is 0 Å². The van der Waals surface area contributed by atoms with E-state index in [9.17, 15) is 13.2 Å². The van der Waals surface area contributed by atoms with Crippen molar-refractivity contribution < 1.29 is 18.3 Å². The van der Waals surface area contributed by atoms with Crippen molar-refractivity contribution >= 4 is 44.9 Å². The van der Waals surface area contributed by atoms with Crippen LogP contribution in [-0.2, 0) is 10.0 Å². The van der Waals surface area contributed by atoms with Gasteiger partial charge in [-0.2, -0.15) is 0 Å². The summed E-state index contributed by atoms with van der Waals surface area (Å²) in [4.78, 5) is 10.6. The molecule has 0 spiro atoms. The molecule has 8 heteroatoms. The maximum absolute atomic E-state index is 12.2. The maximum atomic E-state index is 12.2. The van der Waals surface area contributed by atoms with Crippen LogP contribution in [0.1, 0.15) is 10.4 Å². The van der Waals surface area contributed by atoms with Crippen molar-refractivity contribution in [1.29, 1.82) is 0 Å². The van der Waals surface area contributed by atoms with Crippen LogP contribution in [0, 0.1) is 0 Å². The topological polar surface area (TPSA) is 83.5 Å². The number of hydrogen-bond acceptors (Lipinski definition) is 3. The molecular formula is C13H9Cl2NO4S. The third-order valence-electron chi connectivity index (χ3n) is 2.57. The Morgan fingerprint density at radius 1 is 1.05 bits per heavy atom. The van der Waals surface area contributed by atoms with Gasteiger partial charge in [0.2, 0.25) is 0 Å². The fourth-order valence-corrected chi connectivity index (χ4v) is 3.42. The van der Waals surface area contributed by atoms with Gasteiger partial charge in [-0.1, -0.05) is 23.2 Å². The number of halogens is 2. The molecule has 0 heterocycles. The summed E-state index contributed by atoms with van der Waals surface area (Å²) in [7, 11) is -3.88. The number of hydrogen-bond donors (Lipinski definition) is 2. The molecule has 0 aliphatic heterocycles. The zero-order valence-electron chi connectivity index (χ0n) is 10.4. The highest BCUT2D eigenvalue weighted by molar-refractivity contribution is 7.92. The molecule has 0 fully saturated rings. The maximum Gasteiger partial charge on any atom is 0.335 e. The first-order chi connectivity index (χ1) is 9.79. The lowest BCUT2D eigenvalue weighted by molar-refractivity contribution is 0.0697. The average molecular weight is 346 g/mol. The van der Waals surface area contributed by atoms with E-state index >= 15 is 0 Å². The van der Waals surface area contributed by atoms with Crippen LogP contribution in [0.25, 0.3) is 0 Å². The molecule has 0 aromatic heterocycles. The normalized spacial score (nSPS) is 11.1. The van der Waals surface area contributed by atoms with E-state index in [4.69, 9.17) is 28.3 Å². The predicted molar refractivity (Wildman–Crippen MR) is 80.7 cm³/mol. The third kappa shape index (κ3) is 3.66. The van der Waals surface area contributed by atoms with E-state index in [-0.39, 0.29) is 21.2 Å². The van der Waals surface area contributed by atoms with Crippen molar-refractivity contribution in [2.24, 2.45) is 0 Å². The van der Waals surface area contributed by atoms with Gasteiger partial charge < -0.3 is 5.11 Å². The van der Waals surface area contributed by atoms with Gasteiger partial charge in [0.1, 0.15) is 4.90 Å². The molecule has 0 bridgehead atoms. The molecule has 110 valence electrons. The van der Waals surface area contributed by atoms with Gasteiger partial charge in [-0.05, 0) is 42.5 Å². The lowest BCUT2D eigenvalue weighted by Gasteiger charge is -2.09.